The highest BCUT2D eigenvalue weighted by atomic mass is 35.5. The zero-order chi connectivity index (χ0) is 23.8. The SMILES string of the molecule is CCOC(=O)C(Cc1ccc(OCc2cnc3c(Cl)cccc3c2OC(C)C)cc1)OCC. The number of pyridine rings is 1. The minimum atomic E-state index is -0.618. The second kappa shape index (κ2) is 11.9. The average molecular weight is 472 g/mol. The standard InChI is InChI=1S/C26H30ClNO5/c1-5-30-23(26(29)31-6-2)14-18-10-12-20(13-11-18)32-16-19-15-28-24-21(8-7-9-22(24)27)25(19)33-17(3)4/h7-13,15,17,23H,5-6,14,16H2,1-4H3. The second-order valence-corrected chi connectivity index (χ2v) is 8.16. The first-order valence-corrected chi connectivity index (χ1v) is 11.5. The van der Waals surface area contributed by atoms with Gasteiger partial charge >= 0.3 is 5.97 Å². The molecule has 6 nitrogen and oxygen atoms in total. The van der Waals surface area contributed by atoms with Crippen molar-refractivity contribution < 1.29 is 23.7 Å². The third kappa shape index (κ3) is 6.59. The number of nitrogens with zero attached hydrogens (tertiary/aromatic N) is 1. The van der Waals surface area contributed by atoms with E-state index in [4.69, 9.17) is 30.5 Å². The van der Waals surface area contributed by atoms with Crippen molar-refractivity contribution in [3.05, 3.63) is 64.8 Å². The highest BCUT2D eigenvalue weighted by Gasteiger charge is 2.20. The monoisotopic (exact) mass is 471 g/mol. The quantitative estimate of drug-likeness (QED) is 0.331. The summed E-state index contributed by atoms with van der Waals surface area (Å²) < 4.78 is 22.8. The van der Waals surface area contributed by atoms with Crippen molar-refractivity contribution in [3.63, 3.8) is 0 Å². The first-order valence-electron chi connectivity index (χ1n) is 11.2. The van der Waals surface area contributed by atoms with Gasteiger partial charge in [0.15, 0.2) is 6.10 Å². The maximum absolute atomic E-state index is 12.1. The van der Waals surface area contributed by atoms with E-state index < -0.39 is 6.10 Å². The number of carbonyl (C=O) groups excluding carboxylic acids is 1. The molecule has 0 aliphatic rings. The molecule has 0 bridgehead atoms. The van der Waals surface area contributed by atoms with Gasteiger partial charge in [-0.3, -0.25) is 4.98 Å². The van der Waals surface area contributed by atoms with Crippen LogP contribution in [0.2, 0.25) is 5.02 Å². The Bertz CT molecular complexity index is 1070. The van der Waals surface area contributed by atoms with E-state index in [1.165, 1.54) is 0 Å². The highest BCUT2D eigenvalue weighted by molar-refractivity contribution is 6.35. The van der Waals surface area contributed by atoms with Gasteiger partial charge in [-0.05, 0) is 57.5 Å². The summed E-state index contributed by atoms with van der Waals surface area (Å²) in [6.45, 7) is 8.66. The maximum Gasteiger partial charge on any atom is 0.335 e. The van der Waals surface area contributed by atoms with Crippen LogP contribution in [0.25, 0.3) is 10.9 Å². The van der Waals surface area contributed by atoms with Gasteiger partial charge < -0.3 is 18.9 Å². The summed E-state index contributed by atoms with van der Waals surface area (Å²) in [7, 11) is 0. The molecule has 2 aromatic carbocycles. The molecule has 0 spiro atoms. The molecule has 1 heterocycles. The molecule has 3 aromatic rings. The number of para-hydroxylation sites is 1. The second-order valence-electron chi connectivity index (χ2n) is 7.75. The molecular weight excluding hydrogens is 442 g/mol. The lowest BCUT2D eigenvalue weighted by molar-refractivity contribution is -0.156. The van der Waals surface area contributed by atoms with Crippen molar-refractivity contribution in [1.82, 2.24) is 4.98 Å². The van der Waals surface area contributed by atoms with Gasteiger partial charge in [0, 0.05) is 24.6 Å². The number of esters is 1. The molecule has 3 rings (SSSR count). The number of hydrogen-bond acceptors (Lipinski definition) is 6. The third-order valence-electron chi connectivity index (χ3n) is 4.88. The van der Waals surface area contributed by atoms with Crippen LogP contribution in [-0.4, -0.2) is 36.4 Å². The average Bonchev–Trinajstić information content (AvgIpc) is 2.79. The molecule has 0 saturated heterocycles. The molecule has 33 heavy (non-hydrogen) atoms. The van der Waals surface area contributed by atoms with Crippen LogP contribution in [0.4, 0.5) is 0 Å². The van der Waals surface area contributed by atoms with Crippen LogP contribution in [0.3, 0.4) is 0 Å². The minimum absolute atomic E-state index is 0.00898. The van der Waals surface area contributed by atoms with Gasteiger partial charge in [0.2, 0.25) is 0 Å². The van der Waals surface area contributed by atoms with E-state index in [2.05, 4.69) is 4.98 Å². The normalized spacial score (nSPS) is 12.1. The Morgan fingerprint density at radius 1 is 1.06 bits per heavy atom. The predicted octanol–water partition coefficient (Wildman–Crippen LogP) is 5.77. The van der Waals surface area contributed by atoms with Crippen LogP contribution in [0, 0.1) is 0 Å². The van der Waals surface area contributed by atoms with E-state index in [-0.39, 0.29) is 12.1 Å². The van der Waals surface area contributed by atoms with Gasteiger partial charge in [0.05, 0.1) is 28.8 Å². The number of halogens is 1. The van der Waals surface area contributed by atoms with Crippen molar-refractivity contribution in [1.29, 1.82) is 0 Å². The highest BCUT2D eigenvalue weighted by Crippen LogP contribution is 2.33. The molecule has 0 saturated carbocycles. The number of hydrogen-bond donors (Lipinski definition) is 0. The fraction of sp³-hybridized carbons (Fsp3) is 0.385. The summed E-state index contributed by atoms with van der Waals surface area (Å²) >= 11 is 6.31. The fourth-order valence-corrected chi connectivity index (χ4v) is 3.65. The van der Waals surface area contributed by atoms with Crippen molar-refractivity contribution in [2.75, 3.05) is 13.2 Å². The number of ether oxygens (including phenoxy) is 4. The molecule has 0 N–H and O–H groups in total. The number of benzene rings is 2. The van der Waals surface area contributed by atoms with Gasteiger partial charge in [-0.25, -0.2) is 4.79 Å². The maximum atomic E-state index is 12.1. The van der Waals surface area contributed by atoms with E-state index in [1.807, 2.05) is 63.2 Å². The molecule has 1 aromatic heterocycles. The molecule has 0 fully saturated rings. The Morgan fingerprint density at radius 2 is 1.82 bits per heavy atom. The molecule has 1 atom stereocenters. The Balaban J connectivity index is 1.73. The van der Waals surface area contributed by atoms with Gasteiger partial charge in [0.1, 0.15) is 18.1 Å². The largest absolute Gasteiger partial charge is 0.490 e. The zero-order valence-electron chi connectivity index (χ0n) is 19.5. The van der Waals surface area contributed by atoms with Crippen LogP contribution in [0.1, 0.15) is 38.8 Å². The molecule has 0 aliphatic heterocycles. The van der Waals surface area contributed by atoms with Gasteiger partial charge in [-0.1, -0.05) is 29.8 Å². The van der Waals surface area contributed by atoms with Crippen LogP contribution in [0.15, 0.2) is 48.7 Å². The number of aromatic nitrogens is 1. The number of rotatable bonds is 11. The van der Waals surface area contributed by atoms with E-state index in [0.29, 0.717) is 42.5 Å². The molecule has 0 radical (unpaired) electrons. The zero-order valence-corrected chi connectivity index (χ0v) is 20.2. The lowest BCUT2D eigenvalue weighted by Gasteiger charge is -2.18. The van der Waals surface area contributed by atoms with E-state index in [1.54, 1.807) is 13.1 Å². The number of carbonyl (C=O) groups is 1. The molecular formula is C26H30ClNO5. The summed E-state index contributed by atoms with van der Waals surface area (Å²) in [4.78, 5) is 16.6. The predicted molar refractivity (Wildman–Crippen MR) is 129 cm³/mol. The van der Waals surface area contributed by atoms with Crippen molar-refractivity contribution in [3.8, 4) is 11.5 Å². The lowest BCUT2D eigenvalue weighted by Crippen LogP contribution is -2.28. The van der Waals surface area contributed by atoms with Crippen molar-refractivity contribution in [2.24, 2.45) is 0 Å². The number of fused-ring (bicyclic) bond motifs is 1. The van der Waals surface area contributed by atoms with E-state index >= 15 is 0 Å². The summed E-state index contributed by atoms with van der Waals surface area (Å²) in [6.07, 6.45) is 1.55. The summed E-state index contributed by atoms with van der Waals surface area (Å²) in [5.41, 5.74) is 2.49. The van der Waals surface area contributed by atoms with Gasteiger partial charge in [0.25, 0.3) is 0 Å². The van der Waals surface area contributed by atoms with Gasteiger partial charge in [-0.15, -0.1) is 0 Å². The molecule has 1 unspecified atom stereocenters. The summed E-state index contributed by atoms with van der Waals surface area (Å²) in [5.74, 6) is 1.08. The molecule has 0 aliphatic carbocycles. The van der Waals surface area contributed by atoms with Crippen LogP contribution in [-0.2, 0) is 27.3 Å². The Hall–Kier alpha value is -2.83. The minimum Gasteiger partial charge on any atom is -0.490 e. The first kappa shape index (κ1) is 24.8. The van der Waals surface area contributed by atoms with Crippen molar-refractivity contribution in [2.45, 2.75) is 52.9 Å². The lowest BCUT2D eigenvalue weighted by atomic mass is 10.1. The Morgan fingerprint density at radius 3 is 2.48 bits per heavy atom. The van der Waals surface area contributed by atoms with E-state index in [9.17, 15) is 4.79 Å². The third-order valence-corrected chi connectivity index (χ3v) is 5.19. The molecule has 0 amide bonds. The first-order chi connectivity index (χ1) is 15.9. The summed E-state index contributed by atoms with van der Waals surface area (Å²) in [6, 6.07) is 13.2. The molecule has 176 valence electrons. The Labute approximate surface area is 199 Å². The smallest absolute Gasteiger partial charge is 0.335 e. The van der Waals surface area contributed by atoms with Crippen LogP contribution >= 0.6 is 11.6 Å². The molecule has 7 heteroatoms. The van der Waals surface area contributed by atoms with Crippen molar-refractivity contribution >= 4 is 28.5 Å². The van der Waals surface area contributed by atoms with Crippen LogP contribution < -0.4 is 9.47 Å². The van der Waals surface area contributed by atoms with Gasteiger partial charge in [-0.2, -0.15) is 0 Å². The topological polar surface area (TPSA) is 66.9 Å². The fourth-order valence-electron chi connectivity index (χ4n) is 3.43. The van der Waals surface area contributed by atoms with E-state index in [0.717, 1.165) is 22.3 Å². The van der Waals surface area contributed by atoms with Crippen LogP contribution in [0.5, 0.6) is 11.5 Å². The summed E-state index contributed by atoms with van der Waals surface area (Å²) in [5, 5.41) is 1.44. The Kier molecular flexibility index (Phi) is 8.92.